The lowest BCUT2D eigenvalue weighted by Gasteiger charge is -2.14. The van der Waals surface area contributed by atoms with Crippen molar-refractivity contribution in [2.75, 3.05) is 16.8 Å². The van der Waals surface area contributed by atoms with Gasteiger partial charge in [0.2, 0.25) is 11.0 Å². The van der Waals surface area contributed by atoms with Crippen LogP contribution in [-0.4, -0.2) is 31.4 Å². The number of nitrogen functional groups attached to an aromatic ring is 1. The Bertz CT molecular complexity index is 1000. The summed E-state index contributed by atoms with van der Waals surface area (Å²) >= 11 is 8.28. The van der Waals surface area contributed by atoms with E-state index in [0.29, 0.717) is 21.0 Å². The molecule has 0 atom stereocenters. The minimum atomic E-state index is -0.477. The van der Waals surface area contributed by atoms with Crippen molar-refractivity contribution in [1.82, 2.24) is 19.7 Å². The number of thioether (sulfide) groups is 1. The average molecular weight is 409 g/mol. The zero-order valence-corrected chi connectivity index (χ0v) is 15.9. The van der Waals surface area contributed by atoms with Crippen molar-refractivity contribution >= 4 is 51.6 Å². The lowest BCUT2D eigenvalue weighted by Crippen LogP contribution is -2.19. The molecule has 0 spiro atoms. The summed E-state index contributed by atoms with van der Waals surface area (Å²) in [5.74, 6) is -0.0391. The van der Waals surface area contributed by atoms with Gasteiger partial charge in [-0.25, -0.2) is 0 Å². The van der Waals surface area contributed by atoms with Crippen molar-refractivity contribution in [3.05, 3.63) is 50.7 Å². The van der Waals surface area contributed by atoms with E-state index in [-0.39, 0.29) is 17.5 Å². The average Bonchev–Trinajstić information content (AvgIpc) is 2.98. The molecule has 3 N–H and O–H groups in total. The zero-order chi connectivity index (χ0) is 18.7. The van der Waals surface area contributed by atoms with E-state index in [2.05, 4.69) is 20.5 Å². The number of rotatable bonds is 5. The Hall–Kier alpha value is -2.43. The summed E-state index contributed by atoms with van der Waals surface area (Å²) in [5, 5.41) is 12.4. The Morgan fingerprint density at radius 3 is 2.73 bits per heavy atom. The molecule has 1 aromatic carbocycles. The maximum absolute atomic E-state index is 12.1. The highest BCUT2D eigenvalue weighted by Crippen LogP contribution is 2.24. The molecule has 8 nitrogen and oxygen atoms in total. The third kappa shape index (κ3) is 4.40. The van der Waals surface area contributed by atoms with Gasteiger partial charge in [0, 0.05) is 16.8 Å². The Morgan fingerprint density at radius 2 is 2.08 bits per heavy atom. The van der Waals surface area contributed by atoms with E-state index >= 15 is 0 Å². The van der Waals surface area contributed by atoms with Gasteiger partial charge in [-0.05, 0) is 31.2 Å². The van der Waals surface area contributed by atoms with E-state index in [0.717, 1.165) is 16.8 Å². The summed E-state index contributed by atoms with van der Waals surface area (Å²) in [6.45, 7) is 1.80. The number of aryl methyl sites for hydroxylation is 1. The Balaban J connectivity index is 1.81. The van der Waals surface area contributed by atoms with Crippen LogP contribution in [0.5, 0.6) is 0 Å². The fourth-order valence-electron chi connectivity index (χ4n) is 2.06. The molecular weight excluding hydrogens is 396 g/mol. The number of benzene rings is 1. The van der Waals surface area contributed by atoms with Gasteiger partial charge in [0.1, 0.15) is 10.8 Å². The number of carbonyl (C=O) groups is 1. The van der Waals surface area contributed by atoms with Crippen LogP contribution in [-0.2, 0) is 4.79 Å². The molecule has 11 heteroatoms. The summed E-state index contributed by atoms with van der Waals surface area (Å²) in [5.41, 5.74) is 6.19. The summed E-state index contributed by atoms with van der Waals surface area (Å²) in [7, 11) is 0. The second kappa shape index (κ2) is 7.85. The summed E-state index contributed by atoms with van der Waals surface area (Å²) < 4.78 is 1.59. The smallest absolute Gasteiger partial charge is 0.275 e. The van der Waals surface area contributed by atoms with Gasteiger partial charge in [0.15, 0.2) is 5.16 Å². The molecule has 134 valence electrons. The van der Waals surface area contributed by atoms with Crippen molar-refractivity contribution in [2.45, 2.75) is 12.1 Å². The van der Waals surface area contributed by atoms with E-state index in [1.807, 2.05) is 0 Å². The van der Waals surface area contributed by atoms with Gasteiger partial charge in [-0.3, -0.25) is 19.5 Å². The minimum Gasteiger partial charge on any atom is -0.385 e. The fraction of sp³-hybridized carbons (Fsp3) is 0.133. The van der Waals surface area contributed by atoms with Gasteiger partial charge >= 0.3 is 0 Å². The Labute approximate surface area is 161 Å². The third-order valence-corrected chi connectivity index (χ3v) is 5.06. The second-order valence-corrected chi connectivity index (χ2v) is 7.64. The summed E-state index contributed by atoms with van der Waals surface area (Å²) in [6, 6.07) is 8.13. The number of halogens is 1. The highest BCUT2D eigenvalue weighted by molar-refractivity contribution is 7.99. The SMILES string of the molecule is Cc1nnc(NC(=O)CSc2nc(=O)cc(N)n2-c2ccc(Cl)cc2)s1. The van der Waals surface area contributed by atoms with Crippen LogP contribution in [0.15, 0.2) is 40.3 Å². The Morgan fingerprint density at radius 1 is 1.35 bits per heavy atom. The van der Waals surface area contributed by atoms with Gasteiger partial charge in [0.25, 0.3) is 5.56 Å². The van der Waals surface area contributed by atoms with E-state index in [1.54, 1.807) is 35.8 Å². The van der Waals surface area contributed by atoms with E-state index in [1.165, 1.54) is 17.4 Å². The molecule has 3 rings (SSSR count). The molecule has 0 saturated carbocycles. The monoisotopic (exact) mass is 408 g/mol. The minimum absolute atomic E-state index is 0.0299. The predicted molar refractivity (Wildman–Crippen MR) is 103 cm³/mol. The molecule has 0 unspecified atom stereocenters. The topological polar surface area (TPSA) is 116 Å². The highest BCUT2D eigenvalue weighted by Gasteiger charge is 2.13. The first kappa shape index (κ1) is 18.4. The van der Waals surface area contributed by atoms with Crippen LogP contribution in [0.3, 0.4) is 0 Å². The van der Waals surface area contributed by atoms with Crippen LogP contribution in [0.2, 0.25) is 5.02 Å². The van der Waals surface area contributed by atoms with E-state index < -0.39 is 5.56 Å². The lowest BCUT2D eigenvalue weighted by atomic mass is 10.3. The molecule has 0 aliphatic carbocycles. The third-order valence-electron chi connectivity index (χ3n) is 3.12. The molecule has 0 aliphatic rings. The normalized spacial score (nSPS) is 10.7. The molecular formula is C15H13ClN6O2S2. The first-order chi connectivity index (χ1) is 12.4. The van der Waals surface area contributed by atoms with E-state index in [4.69, 9.17) is 17.3 Å². The van der Waals surface area contributed by atoms with Crippen LogP contribution in [0.1, 0.15) is 5.01 Å². The quantitative estimate of drug-likeness (QED) is 0.491. The number of anilines is 2. The standard InChI is InChI=1S/C15H13ClN6O2S2/c1-8-20-21-14(26-8)18-13(24)7-25-15-19-12(23)6-11(17)22(15)10-4-2-9(16)3-5-10/h2-6H,7,17H2,1H3,(H,18,21,24). The number of carbonyl (C=O) groups excluding carboxylic acids is 1. The maximum Gasteiger partial charge on any atom is 0.275 e. The molecule has 0 saturated heterocycles. The van der Waals surface area contributed by atoms with E-state index in [9.17, 15) is 9.59 Å². The second-order valence-electron chi connectivity index (χ2n) is 5.08. The van der Waals surface area contributed by atoms with Crippen molar-refractivity contribution in [2.24, 2.45) is 0 Å². The zero-order valence-electron chi connectivity index (χ0n) is 13.5. The van der Waals surface area contributed by atoms with Crippen molar-refractivity contribution < 1.29 is 4.79 Å². The number of nitrogens with two attached hydrogens (primary N) is 1. The number of amides is 1. The first-order valence-corrected chi connectivity index (χ1v) is 9.48. The molecule has 26 heavy (non-hydrogen) atoms. The molecule has 0 aliphatic heterocycles. The highest BCUT2D eigenvalue weighted by atomic mass is 35.5. The van der Waals surface area contributed by atoms with Crippen LogP contribution >= 0.6 is 34.7 Å². The largest absolute Gasteiger partial charge is 0.385 e. The fourth-order valence-corrected chi connectivity index (χ4v) is 3.62. The molecule has 1 amide bonds. The summed E-state index contributed by atoms with van der Waals surface area (Å²) in [4.78, 5) is 27.8. The van der Waals surface area contributed by atoms with Crippen LogP contribution in [0, 0.1) is 6.92 Å². The molecule has 0 bridgehead atoms. The van der Waals surface area contributed by atoms with Gasteiger partial charge in [-0.2, -0.15) is 4.98 Å². The van der Waals surface area contributed by atoms with Crippen molar-refractivity contribution in [3.8, 4) is 5.69 Å². The number of aromatic nitrogens is 4. The molecule has 0 radical (unpaired) electrons. The molecule has 0 fully saturated rings. The number of nitrogens with one attached hydrogen (secondary N) is 1. The first-order valence-electron chi connectivity index (χ1n) is 7.30. The van der Waals surface area contributed by atoms with Crippen LogP contribution in [0.25, 0.3) is 5.69 Å². The molecule has 2 heterocycles. The number of nitrogens with zero attached hydrogens (tertiary/aromatic N) is 4. The predicted octanol–water partition coefficient (Wildman–Crippen LogP) is 2.36. The van der Waals surface area contributed by atoms with Crippen molar-refractivity contribution in [3.63, 3.8) is 0 Å². The van der Waals surface area contributed by atoms with Crippen LogP contribution < -0.4 is 16.6 Å². The van der Waals surface area contributed by atoms with Crippen LogP contribution in [0.4, 0.5) is 10.9 Å². The Kier molecular flexibility index (Phi) is 5.55. The molecule has 2 aromatic heterocycles. The molecule has 3 aromatic rings. The van der Waals surface area contributed by atoms with Crippen molar-refractivity contribution in [1.29, 1.82) is 0 Å². The van der Waals surface area contributed by atoms with Gasteiger partial charge in [-0.15, -0.1) is 10.2 Å². The summed E-state index contributed by atoms with van der Waals surface area (Å²) in [6.07, 6.45) is 0. The lowest BCUT2D eigenvalue weighted by molar-refractivity contribution is -0.113. The van der Waals surface area contributed by atoms with Gasteiger partial charge in [0.05, 0.1) is 5.75 Å². The number of hydrogen-bond donors (Lipinski definition) is 2. The van der Waals surface area contributed by atoms with Gasteiger partial charge in [-0.1, -0.05) is 34.7 Å². The number of hydrogen-bond acceptors (Lipinski definition) is 8. The van der Waals surface area contributed by atoms with Gasteiger partial charge < -0.3 is 5.73 Å². The maximum atomic E-state index is 12.1.